The number of ether oxygens (including phenoxy) is 1. The summed E-state index contributed by atoms with van der Waals surface area (Å²) in [5.74, 6) is 0.200. The summed E-state index contributed by atoms with van der Waals surface area (Å²) in [4.78, 5) is 17.7. The van der Waals surface area contributed by atoms with Gasteiger partial charge < -0.3 is 10.1 Å². The van der Waals surface area contributed by atoms with Crippen LogP contribution in [0.1, 0.15) is 41.8 Å². The van der Waals surface area contributed by atoms with Gasteiger partial charge >= 0.3 is 0 Å². The number of aryl methyl sites for hydroxylation is 1. The summed E-state index contributed by atoms with van der Waals surface area (Å²) >= 11 is 0. The fourth-order valence-electron chi connectivity index (χ4n) is 4.47. The molecule has 6 nitrogen and oxygen atoms in total. The average Bonchev–Trinajstić information content (AvgIpc) is 3.11. The van der Waals surface area contributed by atoms with Crippen molar-refractivity contribution in [3.63, 3.8) is 0 Å². The highest BCUT2D eigenvalue weighted by molar-refractivity contribution is 6.00. The number of carbonyl (C=O) groups is 1. The molecular weight excluding hydrogens is 402 g/mol. The number of nitrogens with zero attached hydrogens (tertiary/aromatic N) is 3. The Kier molecular flexibility index (Phi) is 4.57. The summed E-state index contributed by atoms with van der Waals surface area (Å²) in [7, 11) is 1.61. The van der Waals surface area contributed by atoms with E-state index >= 15 is 0 Å². The minimum Gasteiger partial charge on any atom is -0.497 e. The lowest BCUT2D eigenvalue weighted by Gasteiger charge is -2.35. The number of Topliss-reactive ketones (excluding diaryl/α,β-unsaturated/α-hetero) is 1. The van der Waals surface area contributed by atoms with Crippen LogP contribution in [0.15, 0.2) is 53.7 Å². The fraction of sp³-hybridized carbons (Fsp3) is 0.261. The van der Waals surface area contributed by atoms with Gasteiger partial charge in [0.2, 0.25) is 5.95 Å². The molecule has 2 heterocycles. The number of fused-ring (bicyclic) bond motifs is 1. The van der Waals surface area contributed by atoms with Gasteiger partial charge in [0.1, 0.15) is 29.3 Å². The van der Waals surface area contributed by atoms with Gasteiger partial charge in [0, 0.05) is 23.8 Å². The molecule has 0 radical (unpaired) electrons. The Balaban J connectivity index is 1.59. The van der Waals surface area contributed by atoms with Crippen LogP contribution in [0.3, 0.4) is 0 Å². The molecule has 5 rings (SSSR count). The zero-order chi connectivity index (χ0) is 21.7. The van der Waals surface area contributed by atoms with E-state index in [4.69, 9.17) is 4.74 Å². The lowest BCUT2D eigenvalue weighted by Crippen LogP contribution is -2.33. The van der Waals surface area contributed by atoms with Crippen LogP contribution in [0.5, 0.6) is 5.75 Å². The summed E-state index contributed by atoms with van der Waals surface area (Å²) in [5, 5.41) is 7.63. The van der Waals surface area contributed by atoms with Crippen LogP contribution in [-0.4, -0.2) is 27.7 Å². The highest BCUT2D eigenvalue weighted by atomic mass is 19.1. The van der Waals surface area contributed by atoms with Gasteiger partial charge in [-0.2, -0.15) is 10.1 Å². The van der Waals surface area contributed by atoms with Crippen molar-refractivity contribution in [3.8, 4) is 5.75 Å². The molecule has 0 saturated carbocycles. The van der Waals surface area contributed by atoms with Gasteiger partial charge in [-0.05, 0) is 54.7 Å². The average molecular weight is 422 g/mol. The van der Waals surface area contributed by atoms with Crippen molar-refractivity contribution in [2.75, 3.05) is 12.4 Å². The van der Waals surface area contributed by atoms with E-state index in [1.54, 1.807) is 14.0 Å². The number of hydrogen-bond donors (Lipinski definition) is 1. The van der Waals surface area contributed by atoms with Crippen LogP contribution >= 0.6 is 0 Å². The Morgan fingerprint density at radius 2 is 1.77 bits per heavy atom. The van der Waals surface area contributed by atoms with Gasteiger partial charge in [0.05, 0.1) is 7.11 Å². The van der Waals surface area contributed by atoms with Crippen molar-refractivity contribution in [3.05, 3.63) is 82.3 Å². The monoisotopic (exact) mass is 422 g/mol. The first kappa shape index (κ1) is 19.4. The van der Waals surface area contributed by atoms with Crippen molar-refractivity contribution in [2.24, 2.45) is 0 Å². The normalized spacial score (nSPS) is 20.2. The standard InChI is InChI=1S/C23H20F2N4O2/c1-12-26-23-27-19-9-14(13-3-5-18(31-2)6-4-13)10-20(30)21(19)22(29(23)28-12)15-7-16(24)11-17(25)8-15/h3-8,11,14,22H,9-10H2,1-2H3,(H,26,27,28). The number of rotatable bonds is 3. The van der Waals surface area contributed by atoms with E-state index in [0.29, 0.717) is 41.4 Å². The first-order valence-corrected chi connectivity index (χ1v) is 9.99. The maximum Gasteiger partial charge on any atom is 0.226 e. The second-order valence-electron chi connectivity index (χ2n) is 7.85. The highest BCUT2D eigenvalue weighted by Crippen LogP contribution is 2.44. The number of aromatic nitrogens is 3. The van der Waals surface area contributed by atoms with Gasteiger partial charge in [0.25, 0.3) is 0 Å². The van der Waals surface area contributed by atoms with E-state index in [1.807, 2.05) is 24.3 Å². The van der Waals surface area contributed by atoms with Crippen LogP contribution in [0, 0.1) is 18.6 Å². The van der Waals surface area contributed by atoms with E-state index in [0.717, 1.165) is 17.4 Å². The molecule has 1 N–H and O–H groups in total. The van der Waals surface area contributed by atoms with Crippen molar-refractivity contribution in [1.82, 2.24) is 14.8 Å². The summed E-state index contributed by atoms with van der Waals surface area (Å²) < 4.78 is 34.8. The molecule has 1 aliphatic carbocycles. The maximum absolute atomic E-state index is 14.0. The summed E-state index contributed by atoms with van der Waals surface area (Å²) in [5.41, 5.74) is 2.55. The Hall–Kier alpha value is -3.55. The molecule has 0 saturated heterocycles. The second-order valence-corrected chi connectivity index (χ2v) is 7.85. The first-order chi connectivity index (χ1) is 14.9. The Morgan fingerprint density at radius 1 is 1.06 bits per heavy atom. The number of hydrogen-bond acceptors (Lipinski definition) is 5. The molecule has 31 heavy (non-hydrogen) atoms. The molecule has 1 aromatic heterocycles. The van der Waals surface area contributed by atoms with Crippen molar-refractivity contribution in [1.29, 1.82) is 0 Å². The van der Waals surface area contributed by atoms with Crippen LogP contribution in [-0.2, 0) is 4.79 Å². The highest BCUT2D eigenvalue weighted by Gasteiger charge is 2.39. The molecule has 3 aromatic rings. The van der Waals surface area contributed by atoms with E-state index in [2.05, 4.69) is 15.4 Å². The number of allylic oxidation sites excluding steroid dienone is 2. The van der Waals surface area contributed by atoms with Crippen LogP contribution in [0.2, 0.25) is 0 Å². The smallest absolute Gasteiger partial charge is 0.226 e. The van der Waals surface area contributed by atoms with Crippen LogP contribution < -0.4 is 10.1 Å². The summed E-state index contributed by atoms with van der Waals surface area (Å²) in [6.45, 7) is 1.73. The number of halogens is 2. The third-order valence-corrected chi connectivity index (χ3v) is 5.81. The number of carbonyl (C=O) groups excluding carboxylic acids is 1. The van der Waals surface area contributed by atoms with Gasteiger partial charge in [-0.25, -0.2) is 13.5 Å². The molecule has 0 spiro atoms. The summed E-state index contributed by atoms with van der Waals surface area (Å²) in [6.07, 6.45) is 0.873. The van der Waals surface area contributed by atoms with Crippen LogP contribution in [0.25, 0.3) is 0 Å². The molecule has 2 aromatic carbocycles. The van der Waals surface area contributed by atoms with Crippen molar-refractivity contribution >= 4 is 11.7 Å². The van der Waals surface area contributed by atoms with Gasteiger partial charge in [0.15, 0.2) is 5.78 Å². The maximum atomic E-state index is 14.0. The second kappa shape index (κ2) is 7.30. The molecule has 1 aliphatic heterocycles. The molecule has 158 valence electrons. The zero-order valence-corrected chi connectivity index (χ0v) is 17.0. The summed E-state index contributed by atoms with van der Waals surface area (Å²) in [6, 6.07) is 10.2. The van der Waals surface area contributed by atoms with E-state index in [-0.39, 0.29) is 11.7 Å². The molecule has 8 heteroatoms. The minimum atomic E-state index is -0.734. The quantitative estimate of drug-likeness (QED) is 0.682. The van der Waals surface area contributed by atoms with Crippen LogP contribution in [0.4, 0.5) is 14.7 Å². The fourth-order valence-corrected chi connectivity index (χ4v) is 4.47. The Bertz CT molecular complexity index is 1200. The lowest BCUT2D eigenvalue weighted by atomic mass is 9.78. The number of nitrogens with one attached hydrogen (secondary N) is 1. The van der Waals surface area contributed by atoms with Gasteiger partial charge in [-0.1, -0.05) is 12.1 Å². The minimum absolute atomic E-state index is 0.0230. The largest absolute Gasteiger partial charge is 0.497 e. The molecule has 0 amide bonds. The SMILES string of the molecule is COc1ccc(C2CC(=O)C3=C(C2)Nc2nc(C)nn2C3c2cc(F)cc(F)c2)cc1. The first-order valence-electron chi connectivity index (χ1n) is 9.99. The molecule has 0 bridgehead atoms. The van der Waals surface area contributed by atoms with Crippen molar-refractivity contribution in [2.45, 2.75) is 31.7 Å². The molecule has 2 aliphatic rings. The predicted octanol–water partition coefficient (Wildman–Crippen LogP) is 4.29. The molecular formula is C23H20F2N4O2. The molecule has 0 fully saturated rings. The van der Waals surface area contributed by atoms with Gasteiger partial charge in [-0.15, -0.1) is 0 Å². The number of benzene rings is 2. The zero-order valence-electron chi connectivity index (χ0n) is 17.0. The Labute approximate surface area is 177 Å². The number of methoxy groups -OCH3 is 1. The predicted molar refractivity (Wildman–Crippen MR) is 110 cm³/mol. The van der Waals surface area contributed by atoms with E-state index in [9.17, 15) is 13.6 Å². The van der Waals surface area contributed by atoms with Gasteiger partial charge in [-0.3, -0.25) is 4.79 Å². The number of ketones is 1. The third kappa shape index (κ3) is 3.37. The lowest BCUT2D eigenvalue weighted by molar-refractivity contribution is -0.116. The van der Waals surface area contributed by atoms with E-state index < -0.39 is 17.7 Å². The topological polar surface area (TPSA) is 69.0 Å². The van der Waals surface area contributed by atoms with Crippen molar-refractivity contribution < 1.29 is 18.3 Å². The van der Waals surface area contributed by atoms with E-state index in [1.165, 1.54) is 16.8 Å². The molecule has 2 unspecified atom stereocenters. The third-order valence-electron chi connectivity index (χ3n) is 5.81. The molecule has 2 atom stereocenters. The Morgan fingerprint density at radius 3 is 2.45 bits per heavy atom. The number of anilines is 1.